The Morgan fingerprint density at radius 3 is 2.04 bits per heavy atom. The van der Waals surface area contributed by atoms with E-state index in [2.05, 4.69) is 22.5 Å². The van der Waals surface area contributed by atoms with E-state index in [1.165, 1.54) is 30.3 Å². The van der Waals surface area contributed by atoms with Gasteiger partial charge < -0.3 is 20.9 Å². The Bertz CT molecular complexity index is 1460. The minimum atomic E-state index is -4.33. The van der Waals surface area contributed by atoms with Gasteiger partial charge in [0.15, 0.2) is 0 Å². The lowest BCUT2D eigenvalue weighted by Crippen LogP contribution is -2.42. The quantitative estimate of drug-likeness (QED) is 0.201. The largest absolute Gasteiger partial charge is 0.391 e. The van der Waals surface area contributed by atoms with Gasteiger partial charge in [0.2, 0.25) is 5.91 Å². The zero-order valence-electron chi connectivity index (χ0n) is 25.1. The average molecular weight is 673 g/mol. The summed E-state index contributed by atoms with van der Waals surface area (Å²) < 4.78 is 79.3. The number of carbonyl (C=O) groups excluding carboxylic acids is 3. The number of nitrogens with zero attached hydrogens (tertiary/aromatic N) is 1. The van der Waals surface area contributed by atoms with Crippen molar-refractivity contribution < 1.29 is 40.7 Å². The molecule has 1 saturated carbocycles. The lowest BCUT2D eigenvalue weighted by molar-refractivity contribution is -0.182. The van der Waals surface area contributed by atoms with Crippen LogP contribution in [0, 0.1) is 11.8 Å². The number of nitrogens with one attached hydrogen (secondary N) is 3. The molecule has 0 radical (unpaired) electrons. The molecule has 1 saturated heterocycles. The second kappa shape index (κ2) is 14.4. The Morgan fingerprint density at radius 2 is 1.46 bits per heavy atom. The maximum atomic E-state index is 13.5. The van der Waals surface area contributed by atoms with E-state index in [9.17, 15) is 40.7 Å². The van der Waals surface area contributed by atoms with Crippen molar-refractivity contribution in [1.82, 2.24) is 10.6 Å². The lowest BCUT2D eigenvalue weighted by Gasteiger charge is -2.35. The smallest absolute Gasteiger partial charge is 0.371 e. The molecule has 0 aromatic heterocycles. The lowest BCUT2D eigenvalue weighted by atomic mass is 9.85. The van der Waals surface area contributed by atoms with Crippen LogP contribution >= 0.6 is 11.6 Å². The van der Waals surface area contributed by atoms with Crippen LogP contribution in [0.3, 0.4) is 0 Å². The highest BCUT2D eigenvalue weighted by molar-refractivity contribution is 6.34. The number of halogens is 7. The van der Waals surface area contributed by atoms with Crippen LogP contribution < -0.4 is 20.9 Å². The van der Waals surface area contributed by atoms with E-state index in [0.29, 0.717) is 16.8 Å². The highest BCUT2D eigenvalue weighted by Gasteiger charge is 2.43. The second-order valence-corrected chi connectivity index (χ2v) is 12.2. The molecule has 46 heavy (non-hydrogen) atoms. The van der Waals surface area contributed by atoms with Crippen molar-refractivity contribution >= 4 is 40.7 Å². The Morgan fingerprint density at radius 1 is 0.848 bits per heavy atom. The van der Waals surface area contributed by atoms with E-state index in [4.69, 9.17) is 11.6 Å². The molecule has 2 aliphatic rings. The summed E-state index contributed by atoms with van der Waals surface area (Å²) in [6.45, 7) is 5.31. The first-order chi connectivity index (χ1) is 21.5. The van der Waals surface area contributed by atoms with Crippen LogP contribution in [0.2, 0.25) is 5.02 Å². The number of benzene rings is 2. The van der Waals surface area contributed by atoms with Crippen LogP contribution in [0.4, 0.5) is 37.7 Å². The molecule has 0 atom stereocenters. The van der Waals surface area contributed by atoms with Crippen LogP contribution in [-0.4, -0.2) is 49.2 Å². The van der Waals surface area contributed by atoms with Crippen molar-refractivity contribution in [2.45, 2.75) is 70.4 Å². The first-order valence-electron chi connectivity index (χ1n) is 14.9. The normalized spacial score (nSPS) is 19.3. The zero-order chi connectivity index (χ0) is 33.8. The van der Waals surface area contributed by atoms with E-state index in [-0.39, 0.29) is 85.9 Å². The number of hydrogen-bond donors (Lipinski definition) is 3. The Hall–Kier alpha value is -3.74. The molecule has 1 aliphatic carbocycles. The van der Waals surface area contributed by atoms with Crippen LogP contribution in [0.1, 0.15) is 71.7 Å². The van der Waals surface area contributed by atoms with Crippen LogP contribution in [-0.2, 0) is 11.3 Å². The number of carbonyl (C=O) groups is 3. The Kier molecular flexibility index (Phi) is 11.0. The Labute approximate surface area is 267 Å². The zero-order valence-corrected chi connectivity index (χ0v) is 25.8. The van der Waals surface area contributed by atoms with Crippen LogP contribution in [0.15, 0.2) is 48.6 Å². The summed E-state index contributed by atoms with van der Waals surface area (Å²) in [5.74, 6) is -4.47. The van der Waals surface area contributed by atoms with Gasteiger partial charge in [0.25, 0.3) is 11.8 Å². The molecule has 0 unspecified atom stereocenters. The van der Waals surface area contributed by atoms with Gasteiger partial charge in [0.1, 0.15) is 0 Å². The minimum Gasteiger partial charge on any atom is -0.371 e. The maximum absolute atomic E-state index is 13.5. The molecular formula is C32H35ClF6N4O3. The van der Waals surface area contributed by atoms with Gasteiger partial charge in [-0.2, -0.15) is 26.3 Å². The predicted molar refractivity (Wildman–Crippen MR) is 163 cm³/mol. The van der Waals surface area contributed by atoms with Crippen molar-refractivity contribution in [3.05, 3.63) is 70.3 Å². The average Bonchev–Trinajstić information content (AvgIpc) is 2.99. The molecule has 250 valence electrons. The molecule has 7 nitrogen and oxygen atoms in total. The molecule has 1 aliphatic heterocycles. The van der Waals surface area contributed by atoms with Gasteiger partial charge in [0.05, 0.1) is 28.0 Å². The number of alkyl halides is 6. The molecular weight excluding hydrogens is 638 g/mol. The molecule has 4 rings (SSSR count). The highest BCUT2D eigenvalue weighted by atomic mass is 35.5. The number of anilines is 2. The third-order valence-electron chi connectivity index (χ3n) is 8.44. The number of rotatable bonds is 8. The summed E-state index contributed by atoms with van der Waals surface area (Å²) >= 11 is 6.29. The fourth-order valence-electron chi connectivity index (χ4n) is 5.74. The third-order valence-corrected chi connectivity index (χ3v) is 8.77. The topological polar surface area (TPSA) is 90.5 Å². The maximum Gasteiger partial charge on any atom is 0.391 e. The number of amides is 3. The molecule has 1 heterocycles. The van der Waals surface area contributed by atoms with E-state index in [0.717, 1.165) is 0 Å². The van der Waals surface area contributed by atoms with Gasteiger partial charge in [-0.05, 0) is 81.3 Å². The van der Waals surface area contributed by atoms with Crippen molar-refractivity contribution in [2.75, 3.05) is 23.3 Å². The van der Waals surface area contributed by atoms with Crippen LogP contribution in [0.5, 0.6) is 0 Å². The summed E-state index contributed by atoms with van der Waals surface area (Å²) in [6.07, 6.45) is -8.96. The van der Waals surface area contributed by atoms with Crippen molar-refractivity contribution in [1.29, 1.82) is 0 Å². The summed E-state index contributed by atoms with van der Waals surface area (Å²) in [5.41, 5.74) is 1.62. The monoisotopic (exact) mass is 672 g/mol. The molecule has 0 spiro atoms. The van der Waals surface area contributed by atoms with Crippen molar-refractivity contribution in [3.8, 4) is 0 Å². The van der Waals surface area contributed by atoms with Gasteiger partial charge >= 0.3 is 12.4 Å². The van der Waals surface area contributed by atoms with Gasteiger partial charge in [-0.1, -0.05) is 24.2 Å². The molecule has 2 fully saturated rings. The standard InChI is InChI=1S/C32H35ClF6N4O3/c1-18(2)28(44)40-17-19-3-9-26(33)24(15-19)29(45)42-23-8-10-27(43-13-11-21(12-14-43)32(37,38)39)25(16-23)30(46)41-22-6-4-20(5-7-22)31(34,35)36/h3,8-10,15-16,20-22H,1,4-7,11-14,17H2,2H3,(H,40,44)(H,41,46)(H,42,45)/t20-,22-. The highest BCUT2D eigenvalue weighted by Crippen LogP contribution is 2.39. The van der Waals surface area contributed by atoms with Gasteiger partial charge in [-0.3, -0.25) is 14.4 Å². The molecule has 0 bridgehead atoms. The van der Waals surface area contributed by atoms with Gasteiger partial charge in [-0.25, -0.2) is 0 Å². The Balaban J connectivity index is 1.54. The van der Waals surface area contributed by atoms with Crippen molar-refractivity contribution in [2.24, 2.45) is 11.8 Å². The van der Waals surface area contributed by atoms with Gasteiger partial charge in [-0.15, -0.1) is 0 Å². The van der Waals surface area contributed by atoms with E-state index >= 15 is 0 Å². The summed E-state index contributed by atoms with van der Waals surface area (Å²) in [5, 5.41) is 8.28. The van der Waals surface area contributed by atoms with E-state index in [1.54, 1.807) is 17.9 Å². The summed E-state index contributed by atoms with van der Waals surface area (Å²) in [6, 6.07) is 8.56. The fourth-order valence-corrected chi connectivity index (χ4v) is 5.94. The number of hydrogen-bond acceptors (Lipinski definition) is 4. The number of piperidine rings is 1. The van der Waals surface area contributed by atoms with Crippen LogP contribution in [0.25, 0.3) is 0 Å². The first kappa shape index (κ1) is 35.1. The molecule has 3 N–H and O–H groups in total. The third kappa shape index (κ3) is 8.95. The predicted octanol–water partition coefficient (Wildman–Crippen LogP) is 7.41. The summed E-state index contributed by atoms with van der Waals surface area (Å²) in [7, 11) is 0. The molecule has 2 aromatic carbocycles. The van der Waals surface area contributed by atoms with E-state index in [1.807, 2.05) is 0 Å². The minimum absolute atomic E-state index is 0.0389. The molecule has 2 aromatic rings. The van der Waals surface area contributed by atoms with Crippen molar-refractivity contribution in [3.63, 3.8) is 0 Å². The fraction of sp³-hybridized carbons (Fsp3) is 0.469. The van der Waals surface area contributed by atoms with Gasteiger partial charge in [0, 0.05) is 42.6 Å². The molecule has 14 heteroatoms. The first-order valence-corrected chi connectivity index (χ1v) is 15.3. The van der Waals surface area contributed by atoms with E-state index < -0.39 is 42.0 Å². The summed E-state index contributed by atoms with van der Waals surface area (Å²) in [4.78, 5) is 40.3. The second-order valence-electron chi connectivity index (χ2n) is 11.8. The molecule has 3 amide bonds. The SMILES string of the molecule is C=C(C)C(=O)NCc1ccc(Cl)c(C(=O)Nc2ccc(N3CCC(C(F)(F)F)CC3)c(C(=O)N[C@H]3CC[C@H](C(F)(F)F)CC3)c2)c1.